The molecule has 2 nitrogen and oxygen atoms in total. The zero-order valence-corrected chi connectivity index (χ0v) is 12.0. The van der Waals surface area contributed by atoms with Crippen molar-refractivity contribution in [3.63, 3.8) is 0 Å². The van der Waals surface area contributed by atoms with Gasteiger partial charge >= 0.3 is 0 Å². The standard InChI is InChI=1S/C13H28N2S/c1-4-7-14-8-6-12(3)15-9-10-16-13(5-2)11-15/h12-14H,4-11H2,1-3H3. The van der Waals surface area contributed by atoms with Crippen LogP contribution in [0.15, 0.2) is 0 Å². The minimum atomic E-state index is 0.749. The number of nitrogens with one attached hydrogen (secondary N) is 1. The minimum absolute atomic E-state index is 0.749. The minimum Gasteiger partial charge on any atom is -0.317 e. The first-order valence-corrected chi connectivity index (χ1v) is 7.89. The van der Waals surface area contributed by atoms with Crippen LogP contribution in [0.3, 0.4) is 0 Å². The molecule has 0 amide bonds. The molecule has 0 radical (unpaired) electrons. The second-order valence-electron chi connectivity index (χ2n) is 4.78. The Morgan fingerprint density at radius 1 is 1.38 bits per heavy atom. The molecular formula is C13H28N2S. The lowest BCUT2D eigenvalue weighted by molar-refractivity contribution is 0.204. The summed E-state index contributed by atoms with van der Waals surface area (Å²) in [6.45, 7) is 11.9. The molecule has 96 valence electrons. The first kappa shape index (κ1) is 14.3. The van der Waals surface area contributed by atoms with Gasteiger partial charge in [-0.15, -0.1) is 0 Å². The van der Waals surface area contributed by atoms with E-state index in [0.717, 1.165) is 11.3 Å². The SMILES string of the molecule is CCCNCCC(C)N1CCSC(CC)C1. The van der Waals surface area contributed by atoms with E-state index in [9.17, 15) is 0 Å². The molecule has 0 aromatic heterocycles. The van der Waals surface area contributed by atoms with Crippen molar-refractivity contribution in [2.45, 2.75) is 51.3 Å². The zero-order chi connectivity index (χ0) is 11.8. The van der Waals surface area contributed by atoms with E-state index in [-0.39, 0.29) is 0 Å². The summed E-state index contributed by atoms with van der Waals surface area (Å²) in [7, 11) is 0. The van der Waals surface area contributed by atoms with Gasteiger partial charge in [0.15, 0.2) is 0 Å². The summed E-state index contributed by atoms with van der Waals surface area (Å²) in [4.78, 5) is 2.68. The number of thioether (sulfide) groups is 1. The Bertz CT molecular complexity index is 175. The average molecular weight is 244 g/mol. The molecule has 16 heavy (non-hydrogen) atoms. The van der Waals surface area contributed by atoms with Crippen molar-refractivity contribution in [2.24, 2.45) is 0 Å². The molecule has 1 rings (SSSR count). The average Bonchev–Trinajstić information content (AvgIpc) is 2.34. The molecule has 1 aliphatic heterocycles. The number of nitrogens with zero attached hydrogens (tertiary/aromatic N) is 1. The fourth-order valence-corrected chi connectivity index (χ4v) is 3.39. The highest BCUT2D eigenvalue weighted by Crippen LogP contribution is 2.22. The van der Waals surface area contributed by atoms with Crippen LogP contribution in [-0.4, -0.2) is 48.1 Å². The summed E-state index contributed by atoms with van der Waals surface area (Å²) in [6.07, 6.45) is 3.86. The van der Waals surface area contributed by atoms with Gasteiger partial charge in [-0.2, -0.15) is 11.8 Å². The lowest BCUT2D eigenvalue weighted by atomic mass is 10.1. The van der Waals surface area contributed by atoms with Crippen molar-refractivity contribution < 1.29 is 0 Å². The molecule has 0 aromatic rings. The van der Waals surface area contributed by atoms with Gasteiger partial charge in [-0.05, 0) is 39.3 Å². The second kappa shape index (κ2) is 8.37. The van der Waals surface area contributed by atoms with Crippen LogP contribution in [0.1, 0.15) is 40.0 Å². The normalized spacial score (nSPS) is 24.6. The fraction of sp³-hybridized carbons (Fsp3) is 1.00. The van der Waals surface area contributed by atoms with Crippen molar-refractivity contribution >= 4 is 11.8 Å². The predicted octanol–water partition coefficient (Wildman–Crippen LogP) is 2.59. The highest BCUT2D eigenvalue weighted by Gasteiger charge is 2.22. The summed E-state index contributed by atoms with van der Waals surface area (Å²) in [5.74, 6) is 1.32. The third kappa shape index (κ3) is 5.07. The summed E-state index contributed by atoms with van der Waals surface area (Å²) in [5.41, 5.74) is 0. The molecule has 0 aromatic carbocycles. The van der Waals surface area contributed by atoms with E-state index in [4.69, 9.17) is 0 Å². The van der Waals surface area contributed by atoms with Crippen LogP contribution in [0.4, 0.5) is 0 Å². The van der Waals surface area contributed by atoms with Gasteiger partial charge in [0, 0.05) is 30.1 Å². The van der Waals surface area contributed by atoms with Crippen molar-refractivity contribution in [1.82, 2.24) is 10.2 Å². The van der Waals surface area contributed by atoms with Crippen LogP contribution >= 0.6 is 11.8 Å². The van der Waals surface area contributed by atoms with Gasteiger partial charge in [-0.25, -0.2) is 0 Å². The lowest BCUT2D eigenvalue weighted by Crippen LogP contribution is -2.44. The van der Waals surface area contributed by atoms with Gasteiger partial charge in [-0.3, -0.25) is 4.90 Å². The zero-order valence-electron chi connectivity index (χ0n) is 11.2. The maximum atomic E-state index is 3.50. The number of hydrogen-bond donors (Lipinski definition) is 1. The van der Waals surface area contributed by atoms with E-state index in [1.54, 1.807) is 0 Å². The Morgan fingerprint density at radius 3 is 2.88 bits per heavy atom. The highest BCUT2D eigenvalue weighted by molar-refractivity contribution is 8.00. The number of rotatable bonds is 7. The lowest BCUT2D eigenvalue weighted by Gasteiger charge is -2.36. The first-order valence-electron chi connectivity index (χ1n) is 6.84. The van der Waals surface area contributed by atoms with Gasteiger partial charge in [0.2, 0.25) is 0 Å². The largest absolute Gasteiger partial charge is 0.317 e. The maximum absolute atomic E-state index is 3.50. The summed E-state index contributed by atoms with van der Waals surface area (Å²) in [5, 5.41) is 4.37. The third-order valence-corrected chi connectivity index (χ3v) is 4.79. The van der Waals surface area contributed by atoms with Crippen molar-refractivity contribution in [3.05, 3.63) is 0 Å². The van der Waals surface area contributed by atoms with Crippen LogP contribution in [0.25, 0.3) is 0 Å². The molecule has 1 heterocycles. The molecule has 1 aliphatic rings. The topological polar surface area (TPSA) is 15.3 Å². The Hall–Kier alpha value is 0.270. The van der Waals surface area contributed by atoms with Gasteiger partial charge < -0.3 is 5.32 Å². The Labute approximate surface area is 106 Å². The predicted molar refractivity (Wildman–Crippen MR) is 75.3 cm³/mol. The van der Waals surface area contributed by atoms with E-state index in [1.165, 1.54) is 51.2 Å². The second-order valence-corrected chi connectivity index (χ2v) is 6.19. The monoisotopic (exact) mass is 244 g/mol. The quantitative estimate of drug-likeness (QED) is 0.693. The molecule has 1 saturated heterocycles. The molecule has 0 spiro atoms. The highest BCUT2D eigenvalue weighted by atomic mass is 32.2. The Balaban J connectivity index is 2.16. The molecule has 2 unspecified atom stereocenters. The smallest absolute Gasteiger partial charge is 0.0172 e. The van der Waals surface area contributed by atoms with E-state index in [2.05, 4.69) is 42.7 Å². The van der Waals surface area contributed by atoms with Crippen LogP contribution in [0, 0.1) is 0 Å². The van der Waals surface area contributed by atoms with Gasteiger partial charge in [0.25, 0.3) is 0 Å². The molecule has 0 saturated carbocycles. The Kier molecular flexibility index (Phi) is 7.50. The third-order valence-electron chi connectivity index (χ3n) is 3.41. The van der Waals surface area contributed by atoms with Crippen LogP contribution in [-0.2, 0) is 0 Å². The van der Waals surface area contributed by atoms with Crippen LogP contribution < -0.4 is 5.32 Å². The molecular weight excluding hydrogens is 216 g/mol. The Morgan fingerprint density at radius 2 is 2.19 bits per heavy atom. The first-order chi connectivity index (χ1) is 7.77. The molecule has 0 aliphatic carbocycles. The van der Waals surface area contributed by atoms with E-state index >= 15 is 0 Å². The molecule has 0 bridgehead atoms. The van der Waals surface area contributed by atoms with E-state index < -0.39 is 0 Å². The van der Waals surface area contributed by atoms with Gasteiger partial charge in [0.05, 0.1) is 0 Å². The summed E-state index contributed by atoms with van der Waals surface area (Å²) in [6, 6.07) is 0.749. The van der Waals surface area contributed by atoms with Crippen molar-refractivity contribution in [2.75, 3.05) is 31.9 Å². The summed E-state index contributed by atoms with van der Waals surface area (Å²) >= 11 is 2.16. The molecule has 2 atom stereocenters. The van der Waals surface area contributed by atoms with E-state index in [1.807, 2.05) is 0 Å². The van der Waals surface area contributed by atoms with Crippen LogP contribution in [0.5, 0.6) is 0 Å². The van der Waals surface area contributed by atoms with Crippen molar-refractivity contribution in [3.8, 4) is 0 Å². The maximum Gasteiger partial charge on any atom is 0.0172 e. The number of hydrogen-bond acceptors (Lipinski definition) is 3. The summed E-state index contributed by atoms with van der Waals surface area (Å²) < 4.78 is 0. The van der Waals surface area contributed by atoms with Gasteiger partial charge in [-0.1, -0.05) is 13.8 Å². The van der Waals surface area contributed by atoms with E-state index in [0.29, 0.717) is 0 Å². The molecule has 1 fully saturated rings. The molecule has 1 N–H and O–H groups in total. The van der Waals surface area contributed by atoms with Crippen molar-refractivity contribution in [1.29, 1.82) is 0 Å². The fourth-order valence-electron chi connectivity index (χ4n) is 2.18. The van der Waals surface area contributed by atoms with Gasteiger partial charge in [0.1, 0.15) is 0 Å². The van der Waals surface area contributed by atoms with Crippen LogP contribution in [0.2, 0.25) is 0 Å². The molecule has 3 heteroatoms.